The third-order valence-electron chi connectivity index (χ3n) is 14.1. The number of aliphatic hydroxyl groups is 3. The molecule has 3 saturated carbocycles. The summed E-state index contributed by atoms with van der Waals surface area (Å²) >= 11 is 0. The molecular formula is C48H53NO13. The van der Waals surface area contributed by atoms with E-state index in [0.717, 1.165) is 6.92 Å². The average molecular weight is 852 g/mol. The molecule has 0 aliphatic heterocycles. The fourth-order valence-electron chi connectivity index (χ4n) is 10.7. The van der Waals surface area contributed by atoms with Gasteiger partial charge in [0.2, 0.25) is 0 Å². The van der Waals surface area contributed by atoms with Gasteiger partial charge in [0.15, 0.2) is 18.0 Å². The number of carbonyl (C=O) groups is 6. The highest BCUT2D eigenvalue weighted by atomic mass is 16.6. The van der Waals surface area contributed by atoms with Crippen molar-refractivity contribution in [2.75, 3.05) is 0 Å². The van der Waals surface area contributed by atoms with Crippen molar-refractivity contribution in [2.24, 2.45) is 22.7 Å². The summed E-state index contributed by atoms with van der Waals surface area (Å²) in [5, 5.41) is 40.4. The second kappa shape index (κ2) is 16.5. The third kappa shape index (κ3) is 7.31. The molecule has 11 atom stereocenters. The molecule has 3 aromatic rings. The Morgan fingerprint density at radius 3 is 1.94 bits per heavy atom. The predicted molar refractivity (Wildman–Crippen MR) is 221 cm³/mol. The summed E-state index contributed by atoms with van der Waals surface area (Å²) in [6, 6.07) is 23.1. The predicted octanol–water partition coefficient (Wildman–Crippen LogP) is 4.75. The van der Waals surface area contributed by atoms with Gasteiger partial charge < -0.3 is 39.6 Å². The van der Waals surface area contributed by atoms with Crippen LogP contribution in [0.25, 0.3) is 0 Å². The highest BCUT2D eigenvalue weighted by Gasteiger charge is 2.77. The Hall–Kier alpha value is -5.70. The normalized spacial score (nSPS) is 31.9. The van der Waals surface area contributed by atoms with E-state index in [1.54, 1.807) is 99.6 Å². The minimum Gasteiger partial charge on any atom is -0.458 e. The lowest BCUT2D eigenvalue weighted by Crippen LogP contribution is -2.78. The van der Waals surface area contributed by atoms with Gasteiger partial charge in [0, 0.05) is 37.2 Å². The van der Waals surface area contributed by atoms with Crippen molar-refractivity contribution in [1.82, 2.24) is 5.32 Å². The van der Waals surface area contributed by atoms with Crippen molar-refractivity contribution in [2.45, 2.75) is 115 Å². The van der Waals surface area contributed by atoms with Crippen LogP contribution in [0.1, 0.15) is 99.5 Å². The molecule has 1 unspecified atom stereocenters. The van der Waals surface area contributed by atoms with Crippen molar-refractivity contribution in [1.29, 1.82) is 0 Å². The van der Waals surface area contributed by atoms with Gasteiger partial charge in [-0.3, -0.25) is 19.2 Å². The lowest BCUT2D eigenvalue weighted by atomic mass is 9.41. The maximum atomic E-state index is 15.5. The number of amides is 1. The lowest BCUT2D eigenvalue weighted by Gasteiger charge is -2.68. The topological polar surface area (TPSA) is 212 Å². The van der Waals surface area contributed by atoms with Crippen LogP contribution in [0.15, 0.2) is 102 Å². The summed E-state index contributed by atoms with van der Waals surface area (Å²) in [6.45, 7) is 8.50. The number of carbonyl (C=O) groups excluding carboxylic acids is 6. The van der Waals surface area contributed by atoms with Crippen LogP contribution in [0, 0.1) is 22.7 Å². The summed E-state index contributed by atoms with van der Waals surface area (Å²) in [5.74, 6) is -7.00. The summed E-state index contributed by atoms with van der Waals surface area (Å²) in [6.07, 6.45) is -8.27. The third-order valence-corrected chi connectivity index (χ3v) is 14.1. The number of hydrogen-bond donors (Lipinski definition) is 4. The van der Waals surface area contributed by atoms with Gasteiger partial charge in [0.1, 0.15) is 23.4 Å². The van der Waals surface area contributed by atoms with Crippen molar-refractivity contribution in [3.63, 3.8) is 0 Å². The molecule has 4 N–H and O–H groups in total. The van der Waals surface area contributed by atoms with Crippen LogP contribution in [-0.2, 0) is 38.1 Å². The fraction of sp³-hybridized carbons (Fsp3) is 0.458. The molecular weight excluding hydrogens is 799 g/mol. The molecule has 62 heavy (non-hydrogen) atoms. The zero-order chi connectivity index (χ0) is 44.9. The van der Waals surface area contributed by atoms with Crippen LogP contribution < -0.4 is 5.32 Å². The van der Waals surface area contributed by atoms with Crippen LogP contribution in [0.2, 0.25) is 0 Å². The molecule has 1 amide bonds. The molecule has 0 aromatic heterocycles. The first-order valence-electron chi connectivity index (χ1n) is 20.9. The number of ether oxygens (including phenoxy) is 4. The van der Waals surface area contributed by atoms with E-state index >= 15 is 4.79 Å². The molecule has 14 heteroatoms. The largest absolute Gasteiger partial charge is 0.458 e. The first-order valence-corrected chi connectivity index (χ1v) is 20.9. The number of ketones is 1. The molecule has 0 spiro atoms. The molecule has 4 aliphatic rings. The van der Waals surface area contributed by atoms with Crippen molar-refractivity contribution >= 4 is 35.6 Å². The van der Waals surface area contributed by atoms with Crippen molar-refractivity contribution in [3.8, 4) is 0 Å². The molecule has 328 valence electrons. The highest BCUT2D eigenvalue weighted by molar-refractivity contribution is 5.96. The monoisotopic (exact) mass is 851 g/mol. The highest BCUT2D eigenvalue weighted by Crippen LogP contribution is 2.67. The number of aliphatic hydroxyl groups excluding tert-OH is 2. The first kappa shape index (κ1) is 44.4. The average Bonchev–Trinajstić information content (AvgIpc) is 3.24. The molecule has 0 radical (unpaired) electrons. The Balaban J connectivity index is 1.39. The minimum atomic E-state index is -2.34. The number of rotatable bonds is 10. The molecule has 0 heterocycles. The number of Topliss-reactive ketones (excluding diaryl/α,β-unsaturated/α-hetero) is 1. The van der Waals surface area contributed by atoms with Gasteiger partial charge in [-0.15, -0.1) is 0 Å². The molecule has 0 saturated heterocycles. The quantitative estimate of drug-likeness (QED) is 0.123. The van der Waals surface area contributed by atoms with Gasteiger partial charge >= 0.3 is 23.9 Å². The number of nitrogens with one attached hydrogen (secondary N) is 1. The van der Waals surface area contributed by atoms with Crippen LogP contribution in [0.3, 0.4) is 0 Å². The van der Waals surface area contributed by atoms with Crippen LogP contribution in [-0.4, -0.2) is 92.6 Å². The number of benzene rings is 3. The number of esters is 4. The van der Waals surface area contributed by atoms with Gasteiger partial charge in [0.05, 0.1) is 29.0 Å². The van der Waals surface area contributed by atoms with Crippen molar-refractivity contribution in [3.05, 3.63) is 119 Å². The minimum absolute atomic E-state index is 0.0134. The molecule has 3 aromatic carbocycles. The van der Waals surface area contributed by atoms with E-state index in [-0.39, 0.29) is 35.1 Å². The van der Waals surface area contributed by atoms with Crippen LogP contribution >= 0.6 is 0 Å². The zero-order valence-electron chi connectivity index (χ0n) is 35.5. The Bertz CT molecular complexity index is 2280. The van der Waals surface area contributed by atoms with E-state index in [9.17, 15) is 39.3 Å². The summed E-state index contributed by atoms with van der Waals surface area (Å²) in [7, 11) is 0. The summed E-state index contributed by atoms with van der Waals surface area (Å²) < 4.78 is 24.6. The smallest absolute Gasteiger partial charge is 0.338 e. The summed E-state index contributed by atoms with van der Waals surface area (Å²) in [5.41, 5.74) is -6.51. The second-order valence-corrected chi connectivity index (χ2v) is 17.8. The van der Waals surface area contributed by atoms with Crippen molar-refractivity contribution < 1.29 is 63.0 Å². The van der Waals surface area contributed by atoms with Gasteiger partial charge in [-0.2, -0.15) is 0 Å². The Morgan fingerprint density at radius 2 is 1.39 bits per heavy atom. The van der Waals surface area contributed by atoms with Crippen LogP contribution in [0.5, 0.6) is 0 Å². The maximum absolute atomic E-state index is 15.5. The van der Waals surface area contributed by atoms with Crippen LogP contribution in [0.4, 0.5) is 0 Å². The van der Waals surface area contributed by atoms with Gasteiger partial charge in [-0.25, -0.2) is 9.59 Å². The fourth-order valence-corrected chi connectivity index (χ4v) is 10.7. The molecule has 4 aliphatic carbocycles. The molecule has 14 nitrogen and oxygen atoms in total. The van der Waals surface area contributed by atoms with E-state index in [0.29, 0.717) is 12.0 Å². The molecule has 2 bridgehead atoms. The van der Waals surface area contributed by atoms with Gasteiger partial charge in [-0.1, -0.05) is 80.6 Å². The molecule has 3 fully saturated rings. The van der Waals surface area contributed by atoms with E-state index in [4.69, 9.17) is 18.9 Å². The summed E-state index contributed by atoms with van der Waals surface area (Å²) in [4.78, 5) is 83.6. The maximum Gasteiger partial charge on any atom is 0.338 e. The lowest BCUT2D eigenvalue weighted by molar-refractivity contribution is -0.296. The SMILES string of the molecule is CC(=O)OC1C(=O)[C@@]2(C)[C@H]([C@H](OC(=O)c3ccccc3)[C@]3(O)C[C@H](OC(=O)[C@H](O)[C@@H](NC(=O)c4ccccc4)c4ccccc4)C(C)=C1C3(C)C)[C@]1(OC(C)=O)CC[C@@H]1C[C@@H]2O. The van der Waals surface area contributed by atoms with Gasteiger partial charge in [0.25, 0.3) is 5.91 Å². The number of fused-ring (bicyclic) bond motifs is 5. The Kier molecular flexibility index (Phi) is 11.8. The van der Waals surface area contributed by atoms with E-state index in [1.807, 2.05) is 0 Å². The Labute approximate surface area is 359 Å². The second-order valence-electron chi connectivity index (χ2n) is 17.8. The molecule has 7 rings (SSSR count). The first-order chi connectivity index (χ1) is 29.3. The Morgan fingerprint density at radius 1 is 0.806 bits per heavy atom. The zero-order valence-corrected chi connectivity index (χ0v) is 35.5. The van der Waals surface area contributed by atoms with Gasteiger partial charge in [-0.05, 0) is 74.1 Å². The van der Waals surface area contributed by atoms with E-state index in [1.165, 1.54) is 26.0 Å². The van der Waals surface area contributed by atoms with E-state index in [2.05, 4.69) is 5.32 Å². The standard InChI is InChI=1S/C48H53NO13/c1-26-33(60-44(57)37(53)36(29-16-10-7-11-17-29)49-42(55)30-18-12-8-13-19-30)25-48(58)41(61-43(56)31-20-14-9-15-21-31)39-46(6,34(52)24-32-22-23-47(32,39)62-28(3)51)40(54)38(59-27(2)50)35(26)45(48,4)5/h7-21,32-34,36-39,41,52-53,58H,22-25H2,1-6H3,(H,49,55)/t32-,33+,34+,36+,37-,38?,39+,41+,46-,47+,48-/m1/s1. The van der Waals surface area contributed by atoms with E-state index < -0.39 is 112 Å². The number of hydrogen-bond acceptors (Lipinski definition) is 13.